The molecule has 186 valence electrons. The number of urea groups is 1. The fraction of sp³-hybridized carbons (Fsp3) is 0.400. The van der Waals surface area contributed by atoms with Crippen molar-refractivity contribution in [2.75, 3.05) is 32.9 Å². The number of rotatable bonds is 8. The van der Waals surface area contributed by atoms with Gasteiger partial charge in [0.15, 0.2) is 18.1 Å². The summed E-state index contributed by atoms with van der Waals surface area (Å²) in [5, 5.41) is 3.10. The van der Waals surface area contributed by atoms with Crippen molar-refractivity contribution in [2.45, 2.75) is 32.9 Å². The first-order valence-electron chi connectivity index (χ1n) is 11.6. The highest BCUT2D eigenvalue weighted by molar-refractivity contribution is 6.32. The summed E-state index contributed by atoms with van der Waals surface area (Å²) in [5.74, 6) is 1.11. The molecule has 0 bridgehead atoms. The van der Waals surface area contributed by atoms with Gasteiger partial charge in [0.1, 0.15) is 5.75 Å². The molecule has 0 aromatic heterocycles. The van der Waals surface area contributed by atoms with Gasteiger partial charge in [0.05, 0.1) is 24.8 Å². The van der Waals surface area contributed by atoms with Crippen LogP contribution in [0.25, 0.3) is 0 Å². The number of imide groups is 1. The Morgan fingerprint density at radius 2 is 1.94 bits per heavy atom. The van der Waals surface area contributed by atoms with Crippen molar-refractivity contribution in [3.63, 3.8) is 0 Å². The van der Waals surface area contributed by atoms with E-state index in [0.29, 0.717) is 48.6 Å². The number of fused-ring (bicyclic) bond motifs is 1. The molecule has 0 aliphatic carbocycles. The quantitative estimate of drug-likeness (QED) is 0.595. The monoisotopic (exact) mass is 501 g/mol. The number of nitrogens with one attached hydrogen (secondary N) is 1. The van der Waals surface area contributed by atoms with Crippen LogP contribution in [-0.4, -0.2) is 60.6 Å². The zero-order valence-corrected chi connectivity index (χ0v) is 20.3. The summed E-state index contributed by atoms with van der Waals surface area (Å²) < 4.78 is 16.9. The smallest absolute Gasteiger partial charge is 0.327 e. The minimum Gasteiger partial charge on any atom is -0.489 e. The Morgan fingerprint density at radius 1 is 1.11 bits per heavy atom. The van der Waals surface area contributed by atoms with Crippen molar-refractivity contribution in [1.82, 2.24) is 15.1 Å². The van der Waals surface area contributed by atoms with Crippen LogP contribution in [0.3, 0.4) is 0 Å². The number of benzene rings is 2. The van der Waals surface area contributed by atoms with E-state index in [9.17, 15) is 14.4 Å². The zero-order valence-electron chi connectivity index (χ0n) is 19.5. The van der Waals surface area contributed by atoms with Gasteiger partial charge in [0, 0.05) is 32.5 Å². The Morgan fingerprint density at radius 3 is 2.77 bits per heavy atom. The number of nitrogens with zero attached hydrogens (tertiary/aromatic N) is 2. The SMILES string of the molecule is CCNC(=O)COc1cccc(CN2C(=O)CCN(Cc3cc(Cl)c4c(c3)OCCCO4)C2=O)c1. The fourth-order valence-electron chi connectivity index (χ4n) is 3.95. The van der Waals surface area contributed by atoms with Crippen molar-refractivity contribution >= 4 is 29.4 Å². The molecule has 1 saturated heterocycles. The van der Waals surface area contributed by atoms with E-state index in [1.807, 2.05) is 19.1 Å². The average molecular weight is 502 g/mol. The lowest BCUT2D eigenvalue weighted by Gasteiger charge is -2.34. The summed E-state index contributed by atoms with van der Waals surface area (Å²) in [7, 11) is 0. The van der Waals surface area contributed by atoms with E-state index in [4.69, 9.17) is 25.8 Å². The Balaban J connectivity index is 1.43. The molecule has 2 aromatic carbocycles. The lowest BCUT2D eigenvalue weighted by molar-refractivity contribution is -0.131. The highest BCUT2D eigenvalue weighted by Crippen LogP contribution is 2.38. The van der Waals surface area contributed by atoms with Crippen LogP contribution < -0.4 is 19.5 Å². The molecule has 10 heteroatoms. The van der Waals surface area contributed by atoms with Crippen LogP contribution in [0.2, 0.25) is 5.02 Å². The highest BCUT2D eigenvalue weighted by Gasteiger charge is 2.32. The van der Waals surface area contributed by atoms with Crippen LogP contribution in [0.15, 0.2) is 36.4 Å². The predicted molar refractivity (Wildman–Crippen MR) is 129 cm³/mol. The van der Waals surface area contributed by atoms with Crippen LogP contribution in [-0.2, 0) is 22.7 Å². The molecule has 9 nitrogen and oxygen atoms in total. The van der Waals surface area contributed by atoms with Crippen LogP contribution in [0.4, 0.5) is 4.79 Å². The molecule has 2 aliphatic rings. The normalized spacial score (nSPS) is 15.6. The van der Waals surface area contributed by atoms with E-state index < -0.39 is 0 Å². The topological polar surface area (TPSA) is 97.4 Å². The van der Waals surface area contributed by atoms with E-state index in [0.717, 1.165) is 17.5 Å². The zero-order chi connectivity index (χ0) is 24.8. The minimum absolute atomic E-state index is 0.106. The molecule has 0 radical (unpaired) electrons. The van der Waals surface area contributed by atoms with Gasteiger partial charge < -0.3 is 24.4 Å². The number of carbonyl (C=O) groups is 3. The molecule has 2 heterocycles. The van der Waals surface area contributed by atoms with Gasteiger partial charge in [-0.15, -0.1) is 0 Å². The molecule has 4 amide bonds. The summed E-state index contributed by atoms with van der Waals surface area (Å²) in [6.45, 7) is 4.02. The summed E-state index contributed by atoms with van der Waals surface area (Å²) in [4.78, 5) is 40.3. The Kier molecular flexibility index (Phi) is 7.97. The largest absolute Gasteiger partial charge is 0.489 e. The van der Waals surface area contributed by atoms with E-state index in [-0.39, 0.29) is 44.0 Å². The van der Waals surface area contributed by atoms with Crippen molar-refractivity contribution in [2.24, 2.45) is 0 Å². The highest BCUT2D eigenvalue weighted by atomic mass is 35.5. The van der Waals surface area contributed by atoms with Crippen LogP contribution in [0, 0.1) is 0 Å². The van der Waals surface area contributed by atoms with Gasteiger partial charge in [-0.3, -0.25) is 14.5 Å². The van der Waals surface area contributed by atoms with Gasteiger partial charge in [0.25, 0.3) is 5.91 Å². The van der Waals surface area contributed by atoms with Gasteiger partial charge in [-0.25, -0.2) is 4.79 Å². The minimum atomic E-state index is -0.377. The molecule has 1 fully saturated rings. The molecule has 2 aromatic rings. The molecular formula is C25H28ClN3O6. The van der Waals surface area contributed by atoms with E-state index in [1.54, 1.807) is 29.2 Å². The number of hydrogen-bond acceptors (Lipinski definition) is 6. The Bertz CT molecular complexity index is 1110. The number of ether oxygens (including phenoxy) is 3. The first kappa shape index (κ1) is 24.7. The van der Waals surface area contributed by atoms with Gasteiger partial charge in [-0.1, -0.05) is 23.7 Å². The van der Waals surface area contributed by atoms with Crippen molar-refractivity contribution in [3.8, 4) is 17.2 Å². The molecule has 0 atom stereocenters. The molecule has 0 unspecified atom stereocenters. The molecule has 0 spiro atoms. The second kappa shape index (κ2) is 11.3. The number of carbonyl (C=O) groups excluding carboxylic acids is 3. The Hall–Kier alpha value is -3.46. The predicted octanol–water partition coefficient (Wildman–Crippen LogP) is 3.37. The molecule has 35 heavy (non-hydrogen) atoms. The number of hydrogen-bond donors (Lipinski definition) is 1. The molecule has 4 rings (SSSR count). The first-order valence-corrected chi connectivity index (χ1v) is 12.0. The van der Waals surface area contributed by atoms with E-state index in [2.05, 4.69) is 5.32 Å². The van der Waals surface area contributed by atoms with Crippen LogP contribution >= 0.6 is 11.6 Å². The average Bonchev–Trinajstić information content (AvgIpc) is 3.09. The second-order valence-corrected chi connectivity index (χ2v) is 8.69. The summed E-state index contributed by atoms with van der Waals surface area (Å²) >= 11 is 6.40. The lowest BCUT2D eigenvalue weighted by Crippen LogP contribution is -2.51. The third-order valence-electron chi connectivity index (χ3n) is 5.62. The van der Waals surface area contributed by atoms with Gasteiger partial charge in [-0.2, -0.15) is 0 Å². The number of amides is 4. The number of likely N-dealkylation sites (N-methyl/N-ethyl adjacent to an activating group) is 1. The summed E-state index contributed by atoms with van der Waals surface area (Å²) in [6, 6.07) is 10.2. The van der Waals surface area contributed by atoms with Gasteiger partial charge in [0.2, 0.25) is 5.91 Å². The third kappa shape index (κ3) is 6.16. The third-order valence-corrected chi connectivity index (χ3v) is 5.90. The van der Waals surface area contributed by atoms with Gasteiger partial charge >= 0.3 is 6.03 Å². The van der Waals surface area contributed by atoms with E-state index in [1.165, 1.54) is 4.90 Å². The van der Waals surface area contributed by atoms with Gasteiger partial charge in [-0.05, 0) is 42.3 Å². The molecule has 2 aliphatic heterocycles. The fourth-order valence-corrected chi connectivity index (χ4v) is 4.24. The maximum Gasteiger partial charge on any atom is 0.327 e. The molecule has 0 saturated carbocycles. The van der Waals surface area contributed by atoms with E-state index >= 15 is 0 Å². The summed E-state index contributed by atoms with van der Waals surface area (Å²) in [5.41, 5.74) is 1.52. The number of halogens is 1. The second-order valence-electron chi connectivity index (χ2n) is 8.28. The maximum absolute atomic E-state index is 13.2. The summed E-state index contributed by atoms with van der Waals surface area (Å²) in [6.07, 6.45) is 0.984. The van der Waals surface area contributed by atoms with Crippen molar-refractivity contribution in [1.29, 1.82) is 0 Å². The first-order chi connectivity index (χ1) is 16.9. The van der Waals surface area contributed by atoms with Crippen LogP contribution in [0.1, 0.15) is 30.9 Å². The molecular weight excluding hydrogens is 474 g/mol. The standard InChI is InChI=1S/C25H28ClN3O6/c1-2-27-22(30)16-35-19-6-3-5-17(11-19)15-29-23(31)7-8-28(25(29)32)14-18-12-20(26)24-21(13-18)33-9-4-10-34-24/h3,5-6,11-13H,2,4,7-10,14-16H2,1H3,(H,27,30). The lowest BCUT2D eigenvalue weighted by atomic mass is 10.1. The van der Waals surface area contributed by atoms with Crippen LogP contribution in [0.5, 0.6) is 17.2 Å². The van der Waals surface area contributed by atoms with Crippen molar-refractivity contribution < 1.29 is 28.6 Å². The molecule has 1 N–H and O–H groups in total. The maximum atomic E-state index is 13.2. The Labute approximate surface area is 208 Å². The van der Waals surface area contributed by atoms with Crippen molar-refractivity contribution in [3.05, 3.63) is 52.5 Å².